The summed E-state index contributed by atoms with van der Waals surface area (Å²) in [5, 5.41) is 2.00. The number of rotatable bonds is 2. The highest BCUT2D eigenvalue weighted by molar-refractivity contribution is 7.10. The maximum absolute atomic E-state index is 11.8. The van der Waals surface area contributed by atoms with E-state index in [1.807, 2.05) is 35.4 Å². The molecular formula is C12H15NO2S. The van der Waals surface area contributed by atoms with Crippen LogP contribution >= 0.6 is 11.3 Å². The van der Waals surface area contributed by atoms with Crippen LogP contribution in [0.4, 0.5) is 0 Å². The standard InChI is InChI=1S/C12H15NO2S/c1-10-9-13(6-7-15-10)12(14)5-4-11-3-2-8-16-11/h2-5,8,10H,6-7,9H2,1H3/b5-4+. The van der Waals surface area contributed by atoms with Crippen molar-refractivity contribution in [2.24, 2.45) is 0 Å². The van der Waals surface area contributed by atoms with E-state index in [0.717, 1.165) is 4.88 Å². The van der Waals surface area contributed by atoms with Gasteiger partial charge in [0.1, 0.15) is 0 Å². The number of amides is 1. The van der Waals surface area contributed by atoms with Crippen molar-refractivity contribution in [3.05, 3.63) is 28.5 Å². The van der Waals surface area contributed by atoms with Gasteiger partial charge in [-0.15, -0.1) is 11.3 Å². The van der Waals surface area contributed by atoms with Crippen LogP contribution in [0.1, 0.15) is 11.8 Å². The van der Waals surface area contributed by atoms with Gasteiger partial charge in [-0.1, -0.05) is 6.07 Å². The summed E-state index contributed by atoms with van der Waals surface area (Å²) in [4.78, 5) is 14.8. The van der Waals surface area contributed by atoms with E-state index >= 15 is 0 Å². The van der Waals surface area contributed by atoms with Gasteiger partial charge in [-0.2, -0.15) is 0 Å². The van der Waals surface area contributed by atoms with Crippen LogP contribution in [0.25, 0.3) is 6.08 Å². The minimum absolute atomic E-state index is 0.0727. The number of ether oxygens (including phenoxy) is 1. The average molecular weight is 237 g/mol. The summed E-state index contributed by atoms with van der Waals surface area (Å²) in [6.07, 6.45) is 3.66. The van der Waals surface area contributed by atoms with Gasteiger partial charge in [0.25, 0.3) is 0 Å². The Morgan fingerprint density at radius 1 is 1.69 bits per heavy atom. The van der Waals surface area contributed by atoms with Crippen LogP contribution in [0.2, 0.25) is 0 Å². The molecule has 1 aromatic rings. The summed E-state index contributed by atoms with van der Waals surface area (Å²) in [7, 11) is 0. The first-order chi connectivity index (χ1) is 7.75. The molecule has 1 atom stereocenters. The molecule has 0 N–H and O–H groups in total. The van der Waals surface area contributed by atoms with Crippen LogP contribution in [0.3, 0.4) is 0 Å². The van der Waals surface area contributed by atoms with Crippen LogP contribution in [-0.4, -0.2) is 36.6 Å². The lowest BCUT2D eigenvalue weighted by Crippen LogP contribution is -2.43. The minimum Gasteiger partial charge on any atom is -0.375 e. The SMILES string of the molecule is CC1CN(C(=O)/C=C/c2cccs2)CCO1. The zero-order valence-corrected chi connectivity index (χ0v) is 10.1. The lowest BCUT2D eigenvalue weighted by atomic mass is 10.3. The Morgan fingerprint density at radius 2 is 2.56 bits per heavy atom. The third-order valence-electron chi connectivity index (χ3n) is 2.49. The van der Waals surface area contributed by atoms with Gasteiger partial charge >= 0.3 is 0 Å². The molecule has 16 heavy (non-hydrogen) atoms. The van der Waals surface area contributed by atoms with Gasteiger partial charge in [-0.25, -0.2) is 0 Å². The number of nitrogens with zero attached hydrogens (tertiary/aromatic N) is 1. The molecule has 1 saturated heterocycles. The Hall–Kier alpha value is -1.13. The average Bonchev–Trinajstić information content (AvgIpc) is 2.78. The molecular weight excluding hydrogens is 222 g/mol. The van der Waals surface area contributed by atoms with Crippen molar-refractivity contribution in [3.8, 4) is 0 Å². The van der Waals surface area contributed by atoms with E-state index in [0.29, 0.717) is 19.7 Å². The van der Waals surface area contributed by atoms with Crippen LogP contribution < -0.4 is 0 Å². The first-order valence-electron chi connectivity index (χ1n) is 5.38. The number of morpholine rings is 1. The second-order valence-corrected chi connectivity index (χ2v) is 4.79. The summed E-state index contributed by atoms with van der Waals surface area (Å²) in [5.74, 6) is 0.0727. The van der Waals surface area contributed by atoms with Gasteiger partial charge in [-0.05, 0) is 24.4 Å². The summed E-state index contributed by atoms with van der Waals surface area (Å²) >= 11 is 1.63. The summed E-state index contributed by atoms with van der Waals surface area (Å²) < 4.78 is 5.39. The fourth-order valence-corrected chi connectivity index (χ4v) is 2.28. The largest absolute Gasteiger partial charge is 0.375 e. The molecule has 1 unspecified atom stereocenters. The Kier molecular flexibility index (Phi) is 3.74. The smallest absolute Gasteiger partial charge is 0.246 e. The molecule has 0 aliphatic carbocycles. The fourth-order valence-electron chi connectivity index (χ4n) is 1.66. The van der Waals surface area contributed by atoms with Crippen molar-refractivity contribution in [1.82, 2.24) is 4.90 Å². The Labute approximate surface area is 99.3 Å². The number of carbonyl (C=O) groups excluding carboxylic acids is 1. The molecule has 0 radical (unpaired) electrons. The highest BCUT2D eigenvalue weighted by Gasteiger charge is 2.19. The number of thiophene rings is 1. The Bertz CT molecular complexity index is 372. The van der Waals surface area contributed by atoms with Crippen molar-refractivity contribution >= 4 is 23.3 Å². The highest BCUT2D eigenvalue weighted by Crippen LogP contribution is 2.11. The van der Waals surface area contributed by atoms with Crippen molar-refractivity contribution in [3.63, 3.8) is 0 Å². The molecule has 0 saturated carbocycles. The summed E-state index contributed by atoms with van der Waals surface area (Å²) in [6.45, 7) is 4.01. The van der Waals surface area contributed by atoms with Crippen LogP contribution in [0.5, 0.6) is 0 Å². The second kappa shape index (κ2) is 5.27. The van der Waals surface area contributed by atoms with Crippen LogP contribution in [0.15, 0.2) is 23.6 Å². The molecule has 1 fully saturated rings. The third kappa shape index (κ3) is 2.93. The quantitative estimate of drug-likeness (QED) is 0.736. The molecule has 1 aromatic heterocycles. The number of hydrogen-bond donors (Lipinski definition) is 0. The van der Waals surface area contributed by atoms with E-state index in [1.165, 1.54) is 0 Å². The zero-order valence-electron chi connectivity index (χ0n) is 9.26. The first-order valence-corrected chi connectivity index (χ1v) is 6.26. The Morgan fingerprint density at radius 3 is 3.25 bits per heavy atom. The van der Waals surface area contributed by atoms with Gasteiger partial charge in [0, 0.05) is 24.0 Å². The summed E-state index contributed by atoms with van der Waals surface area (Å²) in [6, 6.07) is 3.97. The van der Waals surface area contributed by atoms with Gasteiger partial charge in [0.05, 0.1) is 12.7 Å². The van der Waals surface area contributed by atoms with E-state index in [1.54, 1.807) is 17.4 Å². The third-order valence-corrected chi connectivity index (χ3v) is 3.32. The van der Waals surface area contributed by atoms with Crippen LogP contribution in [-0.2, 0) is 9.53 Å². The van der Waals surface area contributed by atoms with Crippen LogP contribution in [0, 0.1) is 0 Å². The normalized spacial score (nSPS) is 21.6. The van der Waals surface area contributed by atoms with Crippen molar-refractivity contribution in [2.45, 2.75) is 13.0 Å². The maximum atomic E-state index is 11.8. The fraction of sp³-hybridized carbons (Fsp3) is 0.417. The van der Waals surface area contributed by atoms with Crippen molar-refractivity contribution in [2.75, 3.05) is 19.7 Å². The second-order valence-electron chi connectivity index (χ2n) is 3.81. The lowest BCUT2D eigenvalue weighted by molar-refractivity contribution is -0.132. The zero-order chi connectivity index (χ0) is 11.4. The van der Waals surface area contributed by atoms with Gasteiger partial charge in [0.15, 0.2) is 0 Å². The highest BCUT2D eigenvalue weighted by atomic mass is 32.1. The molecule has 4 heteroatoms. The van der Waals surface area contributed by atoms with Gasteiger partial charge in [-0.3, -0.25) is 4.79 Å². The van der Waals surface area contributed by atoms with Crippen molar-refractivity contribution in [1.29, 1.82) is 0 Å². The minimum atomic E-state index is 0.0727. The summed E-state index contributed by atoms with van der Waals surface area (Å²) in [5.41, 5.74) is 0. The molecule has 86 valence electrons. The number of hydrogen-bond acceptors (Lipinski definition) is 3. The molecule has 2 rings (SSSR count). The van der Waals surface area contributed by atoms with E-state index in [-0.39, 0.29) is 12.0 Å². The molecule has 0 spiro atoms. The molecule has 1 amide bonds. The Balaban J connectivity index is 1.92. The predicted octanol–water partition coefficient (Wildman–Crippen LogP) is 2.01. The maximum Gasteiger partial charge on any atom is 0.246 e. The molecule has 1 aliphatic rings. The molecule has 0 bridgehead atoms. The molecule has 2 heterocycles. The van der Waals surface area contributed by atoms with Gasteiger partial charge < -0.3 is 9.64 Å². The van der Waals surface area contributed by atoms with Gasteiger partial charge in [0.2, 0.25) is 5.91 Å². The van der Waals surface area contributed by atoms with Crippen molar-refractivity contribution < 1.29 is 9.53 Å². The molecule has 1 aliphatic heterocycles. The lowest BCUT2D eigenvalue weighted by Gasteiger charge is -2.30. The van der Waals surface area contributed by atoms with E-state index in [9.17, 15) is 4.79 Å². The molecule has 3 nitrogen and oxygen atoms in total. The monoisotopic (exact) mass is 237 g/mol. The first kappa shape index (κ1) is 11.4. The predicted molar refractivity (Wildman–Crippen MR) is 65.3 cm³/mol. The van der Waals surface area contributed by atoms with E-state index in [4.69, 9.17) is 4.74 Å². The van der Waals surface area contributed by atoms with E-state index < -0.39 is 0 Å². The van der Waals surface area contributed by atoms with E-state index in [2.05, 4.69) is 0 Å². The number of carbonyl (C=O) groups is 1. The molecule has 0 aromatic carbocycles. The topological polar surface area (TPSA) is 29.5 Å².